The number of hydrogen-bond acceptors (Lipinski definition) is 7. The SMILES string of the molecule is CCCCNc1nc(C)ncc1OCCOc1cc(C(C)C)nc2cc(OC)ccc12. The Balaban J connectivity index is 1.69. The lowest BCUT2D eigenvalue weighted by Gasteiger charge is -2.15. The molecule has 2 heterocycles. The molecule has 0 bridgehead atoms. The third-order valence-electron chi connectivity index (χ3n) is 4.89. The molecule has 1 N–H and O–H groups in total. The van der Waals surface area contributed by atoms with Gasteiger partial charge in [-0.2, -0.15) is 0 Å². The number of pyridine rings is 1. The summed E-state index contributed by atoms with van der Waals surface area (Å²) in [6.07, 6.45) is 3.90. The van der Waals surface area contributed by atoms with Crippen molar-refractivity contribution in [3.05, 3.63) is 42.0 Å². The van der Waals surface area contributed by atoms with Gasteiger partial charge in [-0.05, 0) is 31.4 Å². The van der Waals surface area contributed by atoms with Crippen molar-refractivity contribution in [2.45, 2.75) is 46.5 Å². The summed E-state index contributed by atoms with van der Waals surface area (Å²) in [4.78, 5) is 13.5. The van der Waals surface area contributed by atoms with Gasteiger partial charge in [0.2, 0.25) is 0 Å². The van der Waals surface area contributed by atoms with Crippen LogP contribution in [-0.4, -0.2) is 41.8 Å². The van der Waals surface area contributed by atoms with E-state index in [0.29, 0.717) is 24.8 Å². The van der Waals surface area contributed by atoms with Crippen LogP contribution in [0.15, 0.2) is 30.5 Å². The Labute approximate surface area is 184 Å². The van der Waals surface area contributed by atoms with E-state index in [1.165, 1.54) is 0 Å². The zero-order chi connectivity index (χ0) is 22.2. The fraction of sp³-hybridized carbons (Fsp3) is 0.458. The highest BCUT2D eigenvalue weighted by molar-refractivity contribution is 5.86. The Bertz CT molecular complexity index is 1010. The van der Waals surface area contributed by atoms with Gasteiger partial charge in [0.25, 0.3) is 0 Å². The minimum Gasteiger partial charge on any atom is -0.497 e. The smallest absolute Gasteiger partial charge is 0.180 e. The first-order chi connectivity index (χ1) is 15.0. The lowest BCUT2D eigenvalue weighted by molar-refractivity contribution is 0.218. The average molecular weight is 425 g/mol. The number of ether oxygens (including phenoxy) is 3. The van der Waals surface area contributed by atoms with E-state index in [2.05, 4.69) is 36.1 Å². The molecule has 0 saturated carbocycles. The van der Waals surface area contributed by atoms with Gasteiger partial charge in [-0.3, -0.25) is 4.98 Å². The molecule has 166 valence electrons. The van der Waals surface area contributed by atoms with Crippen LogP contribution in [0.25, 0.3) is 10.9 Å². The van der Waals surface area contributed by atoms with E-state index in [0.717, 1.165) is 53.3 Å². The van der Waals surface area contributed by atoms with Crippen LogP contribution >= 0.6 is 0 Å². The lowest BCUT2D eigenvalue weighted by Crippen LogP contribution is -2.13. The molecule has 0 spiro atoms. The second kappa shape index (κ2) is 10.8. The summed E-state index contributed by atoms with van der Waals surface area (Å²) in [5.41, 5.74) is 1.84. The number of methoxy groups -OCH3 is 1. The molecule has 0 aliphatic heterocycles. The summed E-state index contributed by atoms with van der Waals surface area (Å²) < 4.78 is 17.4. The number of aryl methyl sites for hydroxylation is 1. The van der Waals surface area contributed by atoms with Gasteiger partial charge >= 0.3 is 0 Å². The highest BCUT2D eigenvalue weighted by Gasteiger charge is 2.12. The molecule has 7 heteroatoms. The van der Waals surface area contributed by atoms with Gasteiger partial charge in [-0.1, -0.05) is 27.2 Å². The Morgan fingerprint density at radius 3 is 2.52 bits per heavy atom. The second-order valence-electron chi connectivity index (χ2n) is 7.69. The molecule has 0 saturated heterocycles. The van der Waals surface area contributed by atoms with Gasteiger partial charge in [-0.15, -0.1) is 0 Å². The van der Waals surface area contributed by atoms with Crippen LogP contribution in [0.4, 0.5) is 5.82 Å². The van der Waals surface area contributed by atoms with Crippen molar-refractivity contribution < 1.29 is 14.2 Å². The molecule has 0 unspecified atom stereocenters. The van der Waals surface area contributed by atoms with Crippen molar-refractivity contribution in [2.75, 3.05) is 32.2 Å². The van der Waals surface area contributed by atoms with Crippen molar-refractivity contribution in [1.82, 2.24) is 15.0 Å². The van der Waals surface area contributed by atoms with Crippen LogP contribution in [0, 0.1) is 6.92 Å². The van der Waals surface area contributed by atoms with Crippen LogP contribution in [0.3, 0.4) is 0 Å². The Hall–Kier alpha value is -3.09. The molecule has 0 radical (unpaired) electrons. The summed E-state index contributed by atoms with van der Waals surface area (Å²) in [7, 11) is 1.66. The van der Waals surface area contributed by atoms with Gasteiger partial charge in [0.05, 0.1) is 18.8 Å². The van der Waals surface area contributed by atoms with Crippen molar-refractivity contribution in [2.24, 2.45) is 0 Å². The number of nitrogens with one attached hydrogen (secondary N) is 1. The molecule has 7 nitrogen and oxygen atoms in total. The number of hydrogen-bond donors (Lipinski definition) is 1. The van der Waals surface area contributed by atoms with E-state index in [9.17, 15) is 0 Å². The Morgan fingerprint density at radius 1 is 1.03 bits per heavy atom. The molecule has 0 aliphatic rings. The molecule has 0 aliphatic carbocycles. The largest absolute Gasteiger partial charge is 0.497 e. The van der Waals surface area contributed by atoms with Crippen LogP contribution in [0.2, 0.25) is 0 Å². The first kappa shape index (κ1) is 22.6. The number of aromatic nitrogens is 3. The fourth-order valence-electron chi connectivity index (χ4n) is 3.12. The van der Waals surface area contributed by atoms with Gasteiger partial charge in [0.15, 0.2) is 11.6 Å². The quantitative estimate of drug-likeness (QED) is 0.427. The van der Waals surface area contributed by atoms with E-state index in [-0.39, 0.29) is 5.92 Å². The van der Waals surface area contributed by atoms with Gasteiger partial charge in [0, 0.05) is 29.8 Å². The standard InChI is InChI=1S/C24H32N4O3/c1-6-7-10-25-24-23(15-26-17(4)27-24)31-12-11-30-22-14-20(16(2)3)28-21-13-18(29-5)8-9-19(21)22/h8-9,13-16H,6-7,10-12H2,1-5H3,(H,25,26,27). The van der Waals surface area contributed by atoms with Crippen LogP contribution in [-0.2, 0) is 0 Å². The predicted octanol–water partition coefficient (Wildman–Crippen LogP) is 5.14. The van der Waals surface area contributed by atoms with E-state index < -0.39 is 0 Å². The molecule has 3 aromatic rings. The highest BCUT2D eigenvalue weighted by Crippen LogP contribution is 2.31. The number of fused-ring (bicyclic) bond motifs is 1. The summed E-state index contributed by atoms with van der Waals surface area (Å²) in [6, 6.07) is 7.83. The lowest BCUT2D eigenvalue weighted by atomic mass is 10.1. The number of unbranched alkanes of at least 4 members (excludes halogenated alkanes) is 1. The van der Waals surface area contributed by atoms with Crippen molar-refractivity contribution in [3.8, 4) is 17.2 Å². The fourth-order valence-corrected chi connectivity index (χ4v) is 3.12. The summed E-state index contributed by atoms with van der Waals surface area (Å²) in [6.45, 7) is 9.89. The monoisotopic (exact) mass is 424 g/mol. The van der Waals surface area contributed by atoms with E-state index >= 15 is 0 Å². The molecular formula is C24H32N4O3. The first-order valence-electron chi connectivity index (χ1n) is 10.8. The predicted molar refractivity (Wildman–Crippen MR) is 124 cm³/mol. The third-order valence-corrected chi connectivity index (χ3v) is 4.89. The van der Waals surface area contributed by atoms with E-state index in [4.69, 9.17) is 19.2 Å². The van der Waals surface area contributed by atoms with Crippen molar-refractivity contribution in [3.63, 3.8) is 0 Å². The van der Waals surface area contributed by atoms with Crippen LogP contribution in [0.1, 0.15) is 51.0 Å². The van der Waals surface area contributed by atoms with Crippen LogP contribution in [0.5, 0.6) is 17.2 Å². The molecule has 0 fully saturated rings. The van der Waals surface area contributed by atoms with Crippen molar-refractivity contribution in [1.29, 1.82) is 0 Å². The molecular weight excluding hydrogens is 392 g/mol. The number of benzene rings is 1. The molecule has 2 aromatic heterocycles. The second-order valence-corrected chi connectivity index (χ2v) is 7.69. The normalized spacial score (nSPS) is 11.0. The van der Waals surface area contributed by atoms with E-state index in [1.54, 1.807) is 13.3 Å². The summed E-state index contributed by atoms with van der Waals surface area (Å²) in [5.74, 6) is 3.93. The minimum atomic E-state index is 0.288. The maximum absolute atomic E-state index is 6.10. The summed E-state index contributed by atoms with van der Waals surface area (Å²) in [5, 5.41) is 4.28. The molecule has 3 rings (SSSR count). The van der Waals surface area contributed by atoms with Gasteiger partial charge in [0.1, 0.15) is 30.5 Å². The van der Waals surface area contributed by atoms with E-state index in [1.807, 2.05) is 31.2 Å². The topological polar surface area (TPSA) is 78.4 Å². The molecule has 31 heavy (non-hydrogen) atoms. The number of rotatable bonds is 11. The number of nitrogens with zero attached hydrogens (tertiary/aromatic N) is 3. The van der Waals surface area contributed by atoms with Crippen molar-refractivity contribution >= 4 is 16.7 Å². The zero-order valence-corrected chi connectivity index (χ0v) is 19.1. The molecule has 1 aromatic carbocycles. The number of anilines is 1. The summed E-state index contributed by atoms with van der Waals surface area (Å²) >= 11 is 0. The highest BCUT2D eigenvalue weighted by atomic mass is 16.5. The minimum absolute atomic E-state index is 0.288. The Morgan fingerprint density at radius 2 is 1.81 bits per heavy atom. The van der Waals surface area contributed by atoms with Crippen LogP contribution < -0.4 is 19.5 Å². The maximum atomic E-state index is 6.10. The van der Waals surface area contributed by atoms with Gasteiger partial charge in [-0.25, -0.2) is 9.97 Å². The third kappa shape index (κ3) is 5.96. The van der Waals surface area contributed by atoms with Gasteiger partial charge < -0.3 is 19.5 Å². The zero-order valence-electron chi connectivity index (χ0n) is 19.1. The average Bonchev–Trinajstić information content (AvgIpc) is 2.77. The first-order valence-corrected chi connectivity index (χ1v) is 10.8. The maximum Gasteiger partial charge on any atom is 0.180 e. The molecule has 0 atom stereocenters. The molecule has 0 amide bonds. The Kier molecular flexibility index (Phi) is 7.87.